The number of hydrogen-bond donors (Lipinski definition) is 1. The maximum atomic E-state index is 13.1. The quantitative estimate of drug-likeness (QED) is 0.629. The topological polar surface area (TPSA) is 110 Å². The van der Waals surface area contributed by atoms with Gasteiger partial charge in [-0.05, 0) is 17.7 Å². The summed E-state index contributed by atoms with van der Waals surface area (Å²) in [5, 5.41) is 13.8. The molecule has 26 heavy (non-hydrogen) atoms. The van der Waals surface area contributed by atoms with Crippen molar-refractivity contribution in [3.8, 4) is 0 Å². The van der Waals surface area contributed by atoms with Crippen LogP contribution in [0.5, 0.6) is 0 Å². The number of non-ortho nitro benzene ring substituents is 1. The van der Waals surface area contributed by atoms with Gasteiger partial charge >= 0.3 is 0 Å². The number of nitro groups is 1. The third-order valence-electron chi connectivity index (χ3n) is 4.00. The Morgan fingerprint density at radius 3 is 2.62 bits per heavy atom. The molecule has 1 heterocycles. The van der Waals surface area contributed by atoms with E-state index < -0.39 is 26.9 Å². The number of amides is 1. The Kier molecular flexibility index (Phi) is 4.94. The molecule has 1 atom stereocenters. The zero-order valence-corrected chi connectivity index (χ0v) is 14.9. The van der Waals surface area contributed by atoms with E-state index in [-0.39, 0.29) is 28.7 Å². The van der Waals surface area contributed by atoms with Crippen molar-refractivity contribution in [3.05, 3.63) is 69.2 Å². The summed E-state index contributed by atoms with van der Waals surface area (Å²) in [5.41, 5.74) is 0.00204. The molecule has 1 amide bonds. The molecule has 0 aromatic heterocycles. The van der Waals surface area contributed by atoms with Gasteiger partial charge in [-0.3, -0.25) is 14.9 Å². The van der Waals surface area contributed by atoms with Crippen LogP contribution in [0.15, 0.2) is 53.4 Å². The second kappa shape index (κ2) is 7.02. The van der Waals surface area contributed by atoms with Gasteiger partial charge in [-0.2, -0.15) is 4.31 Å². The lowest BCUT2D eigenvalue weighted by Gasteiger charge is -2.34. The molecule has 0 bridgehead atoms. The van der Waals surface area contributed by atoms with E-state index in [2.05, 4.69) is 5.32 Å². The zero-order valence-electron chi connectivity index (χ0n) is 13.3. The number of halogens is 1. The molecular formula is C16H14ClN3O5S. The molecule has 136 valence electrons. The van der Waals surface area contributed by atoms with Crippen molar-refractivity contribution in [1.29, 1.82) is 0 Å². The number of hydrogen-bond acceptors (Lipinski definition) is 5. The first-order valence-corrected chi connectivity index (χ1v) is 9.42. The van der Waals surface area contributed by atoms with Crippen molar-refractivity contribution in [2.24, 2.45) is 0 Å². The summed E-state index contributed by atoms with van der Waals surface area (Å²) in [5.74, 6) is -0.502. The highest BCUT2D eigenvalue weighted by Gasteiger charge is 2.40. The third-order valence-corrected chi connectivity index (χ3v) is 6.21. The van der Waals surface area contributed by atoms with Crippen molar-refractivity contribution in [2.75, 3.05) is 13.1 Å². The molecule has 1 fully saturated rings. The van der Waals surface area contributed by atoms with Crippen LogP contribution >= 0.6 is 11.6 Å². The minimum Gasteiger partial charge on any atom is -0.353 e. The first-order valence-electron chi connectivity index (χ1n) is 7.61. The van der Waals surface area contributed by atoms with Crippen LogP contribution in [-0.4, -0.2) is 36.6 Å². The molecule has 2 aromatic rings. The molecule has 1 saturated heterocycles. The molecule has 3 rings (SSSR count). The van der Waals surface area contributed by atoms with Crippen LogP contribution in [0.1, 0.15) is 11.6 Å². The van der Waals surface area contributed by atoms with Gasteiger partial charge in [0.25, 0.3) is 5.69 Å². The summed E-state index contributed by atoms with van der Waals surface area (Å²) < 4.78 is 27.2. The lowest BCUT2D eigenvalue weighted by Crippen LogP contribution is -2.52. The lowest BCUT2D eigenvalue weighted by molar-refractivity contribution is -0.385. The standard InChI is InChI=1S/C16H14ClN3O5S/c17-14-7-2-1-6-13(14)15-16(21)18-8-9-19(15)26(24,25)12-5-3-4-11(10-12)20(22)23/h1-7,10,15H,8-9H2,(H,18,21). The maximum absolute atomic E-state index is 13.1. The van der Waals surface area contributed by atoms with Gasteiger partial charge in [0.1, 0.15) is 6.04 Å². The predicted octanol–water partition coefficient (Wildman–Crippen LogP) is 2.11. The second-order valence-corrected chi connectivity index (χ2v) is 7.88. The zero-order chi connectivity index (χ0) is 18.9. The predicted molar refractivity (Wildman–Crippen MR) is 94.2 cm³/mol. The van der Waals surface area contributed by atoms with Crippen LogP contribution in [0.2, 0.25) is 5.02 Å². The highest BCUT2D eigenvalue weighted by molar-refractivity contribution is 7.89. The molecule has 10 heteroatoms. The van der Waals surface area contributed by atoms with E-state index in [0.29, 0.717) is 5.56 Å². The molecule has 1 aliphatic rings. The molecular weight excluding hydrogens is 382 g/mol. The number of piperazine rings is 1. The Morgan fingerprint density at radius 1 is 1.19 bits per heavy atom. The smallest absolute Gasteiger partial charge is 0.270 e. The molecule has 8 nitrogen and oxygen atoms in total. The average Bonchev–Trinajstić information content (AvgIpc) is 2.62. The fourth-order valence-electron chi connectivity index (χ4n) is 2.79. The minimum absolute atomic E-state index is 0.0205. The van der Waals surface area contributed by atoms with Crippen LogP contribution in [0.25, 0.3) is 0 Å². The second-order valence-electron chi connectivity index (χ2n) is 5.59. The van der Waals surface area contributed by atoms with Crippen LogP contribution in [0.3, 0.4) is 0 Å². The van der Waals surface area contributed by atoms with E-state index in [1.165, 1.54) is 18.2 Å². The van der Waals surface area contributed by atoms with E-state index in [1.807, 2.05) is 0 Å². The van der Waals surface area contributed by atoms with Crippen molar-refractivity contribution in [1.82, 2.24) is 9.62 Å². The molecule has 1 aliphatic heterocycles. The molecule has 0 radical (unpaired) electrons. The summed E-state index contributed by atoms with van der Waals surface area (Å²) >= 11 is 6.16. The van der Waals surface area contributed by atoms with Gasteiger partial charge in [-0.15, -0.1) is 0 Å². The average molecular weight is 396 g/mol. The minimum atomic E-state index is -4.16. The van der Waals surface area contributed by atoms with Crippen molar-refractivity contribution in [3.63, 3.8) is 0 Å². The fourth-order valence-corrected chi connectivity index (χ4v) is 4.64. The van der Waals surface area contributed by atoms with E-state index in [4.69, 9.17) is 11.6 Å². The fraction of sp³-hybridized carbons (Fsp3) is 0.188. The first-order chi connectivity index (χ1) is 12.3. The van der Waals surface area contributed by atoms with Gasteiger partial charge in [0.05, 0.1) is 9.82 Å². The Labute approximate surface area is 154 Å². The van der Waals surface area contributed by atoms with Gasteiger partial charge in [-0.25, -0.2) is 8.42 Å². The first kappa shape index (κ1) is 18.3. The summed E-state index contributed by atoms with van der Waals surface area (Å²) in [4.78, 5) is 22.5. The van der Waals surface area contributed by atoms with Crippen molar-refractivity contribution >= 4 is 33.2 Å². The number of rotatable bonds is 4. The number of sulfonamides is 1. The molecule has 1 unspecified atom stereocenters. The molecule has 0 aliphatic carbocycles. The number of nitro benzene ring substituents is 1. The highest BCUT2D eigenvalue weighted by atomic mass is 35.5. The molecule has 1 N–H and O–H groups in total. The van der Waals surface area contributed by atoms with Crippen LogP contribution in [0.4, 0.5) is 5.69 Å². The monoisotopic (exact) mass is 395 g/mol. The van der Waals surface area contributed by atoms with E-state index in [9.17, 15) is 23.3 Å². The summed E-state index contributed by atoms with van der Waals surface area (Å²) in [6.07, 6.45) is 0. The van der Waals surface area contributed by atoms with Crippen molar-refractivity contribution in [2.45, 2.75) is 10.9 Å². The van der Waals surface area contributed by atoms with E-state index in [1.54, 1.807) is 24.3 Å². The van der Waals surface area contributed by atoms with Crippen LogP contribution < -0.4 is 5.32 Å². The normalized spacial score (nSPS) is 18.3. The van der Waals surface area contributed by atoms with Gasteiger partial charge < -0.3 is 5.32 Å². The Hall–Kier alpha value is -2.49. The number of nitrogens with one attached hydrogen (secondary N) is 1. The lowest BCUT2D eigenvalue weighted by atomic mass is 10.0. The summed E-state index contributed by atoms with van der Waals surface area (Å²) in [6.45, 7) is 0.153. The molecule has 2 aromatic carbocycles. The van der Waals surface area contributed by atoms with Crippen molar-refractivity contribution < 1.29 is 18.1 Å². The summed E-state index contributed by atoms with van der Waals surface area (Å²) in [7, 11) is -4.16. The maximum Gasteiger partial charge on any atom is 0.270 e. The van der Waals surface area contributed by atoms with E-state index in [0.717, 1.165) is 10.4 Å². The molecule has 0 spiro atoms. The van der Waals surface area contributed by atoms with Gasteiger partial charge in [0.15, 0.2) is 0 Å². The number of carbonyl (C=O) groups is 1. The Morgan fingerprint density at radius 2 is 1.92 bits per heavy atom. The van der Waals surface area contributed by atoms with Gasteiger partial charge in [0, 0.05) is 30.2 Å². The van der Waals surface area contributed by atoms with E-state index >= 15 is 0 Å². The third kappa shape index (κ3) is 3.28. The molecule has 0 saturated carbocycles. The SMILES string of the molecule is O=C1NCCN(S(=O)(=O)c2cccc([N+](=O)[O-])c2)C1c1ccccc1Cl. The number of benzene rings is 2. The highest BCUT2D eigenvalue weighted by Crippen LogP contribution is 2.34. The van der Waals surface area contributed by atoms with Crippen LogP contribution in [0, 0.1) is 10.1 Å². The number of carbonyl (C=O) groups excluding carboxylic acids is 1. The largest absolute Gasteiger partial charge is 0.353 e. The van der Waals surface area contributed by atoms with Gasteiger partial charge in [0.2, 0.25) is 15.9 Å². The van der Waals surface area contributed by atoms with Crippen LogP contribution in [-0.2, 0) is 14.8 Å². The Bertz CT molecular complexity index is 979. The van der Waals surface area contributed by atoms with Gasteiger partial charge in [-0.1, -0.05) is 35.9 Å². The summed E-state index contributed by atoms with van der Waals surface area (Å²) in [6, 6.07) is 10.1. The number of nitrogens with zero attached hydrogens (tertiary/aromatic N) is 2. The Balaban J connectivity index is 2.10.